The van der Waals surface area contributed by atoms with Gasteiger partial charge in [-0.25, -0.2) is 0 Å². The zero-order valence-electron chi connectivity index (χ0n) is 13.7. The summed E-state index contributed by atoms with van der Waals surface area (Å²) >= 11 is 0. The average molecular weight is 429 g/mol. The summed E-state index contributed by atoms with van der Waals surface area (Å²) < 4.78 is 12.0. The molecule has 4 nitrogen and oxygen atoms in total. The summed E-state index contributed by atoms with van der Waals surface area (Å²) in [5, 5.41) is 7.20. The molecule has 0 saturated heterocycles. The summed E-state index contributed by atoms with van der Waals surface area (Å²) in [7, 11) is -0.660. The molecule has 6 heteroatoms. The van der Waals surface area contributed by atoms with Gasteiger partial charge in [-0.1, -0.05) is 26.7 Å². The van der Waals surface area contributed by atoms with Gasteiger partial charge in [0.25, 0.3) is 0 Å². The Balaban J connectivity index is 0.00000400. The van der Waals surface area contributed by atoms with Crippen LogP contribution in [0.2, 0.25) is 0 Å². The molecule has 1 fully saturated rings. The van der Waals surface area contributed by atoms with Crippen molar-refractivity contribution < 1.29 is 4.21 Å². The first-order valence-corrected chi connectivity index (χ1v) is 9.51. The molecule has 2 N–H and O–H groups in total. The maximum Gasteiger partial charge on any atom is 0.191 e. The minimum absolute atomic E-state index is 0. The van der Waals surface area contributed by atoms with Crippen molar-refractivity contribution in [3.63, 3.8) is 0 Å². The van der Waals surface area contributed by atoms with E-state index in [0.29, 0.717) is 11.3 Å². The van der Waals surface area contributed by atoms with Crippen LogP contribution in [0, 0.1) is 0 Å². The van der Waals surface area contributed by atoms with Gasteiger partial charge in [-0.15, -0.1) is 24.0 Å². The number of hydrogen-bond donors (Lipinski definition) is 2. The Bertz CT molecular complexity index is 326. The van der Waals surface area contributed by atoms with E-state index in [9.17, 15) is 4.21 Å². The molecule has 0 spiro atoms. The van der Waals surface area contributed by atoms with Gasteiger partial charge >= 0.3 is 0 Å². The molecule has 0 aromatic heterocycles. The van der Waals surface area contributed by atoms with E-state index in [4.69, 9.17) is 0 Å². The number of nitrogens with one attached hydrogen (secondary N) is 2. The van der Waals surface area contributed by atoms with E-state index >= 15 is 0 Å². The van der Waals surface area contributed by atoms with Crippen LogP contribution in [0.15, 0.2) is 4.99 Å². The topological polar surface area (TPSA) is 53.5 Å². The fourth-order valence-corrected chi connectivity index (χ4v) is 3.96. The van der Waals surface area contributed by atoms with Crippen molar-refractivity contribution in [2.45, 2.75) is 70.6 Å². The number of unbranched alkanes of at least 4 members (excludes halogenated alkanes) is 1. The largest absolute Gasteiger partial charge is 0.357 e. The third kappa shape index (κ3) is 8.38. The van der Waals surface area contributed by atoms with E-state index in [0.717, 1.165) is 50.5 Å². The molecule has 1 aliphatic carbocycles. The van der Waals surface area contributed by atoms with Gasteiger partial charge in [0.1, 0.15) is 0 Å². The molecule has 0 aromatic rings. The molecule has 0 aromatic carbocycles. The van der Waals surface area contributed by atoms with Crippen molar-refractivity contribution in [3.8, 4) is 0 Å². The van der Waals surface area contributed by atoms with Crippen molar-refractivity contribution in [2.75, 3.05) is 18.8 Å². The van der Waals surface area contributed by atoms with Crippen LogP contribution in [-0.2, 0) is 10.8 Å². The first kappa shape index (κ1) is 21.1. The SMILES string of the molecule is CCCCN=C(NCC)NC1CCCC(S(=O)CC)C1.I. The molecular weight excluding hydrogens is 397 g/mol. The third-order valence-electron chi connectivity index (χ3n) is 3.75. The quantitative estimate of drug-likeness (QED) is 0.283. The lowest BCUT2D eigenvalue weighted by atomic mass is 9.95. The lowest BCUT2D eigenvalue weighted by Gasteiger charge is -2.30. The van der Waals surface area contributed by atoms with E-state index in [1.165, 1.54) is 12.8 Å². The van der Waals surface area contributed by atoms with Crippen molar-refractivity contribution in [3.05, 3.63) is 0 Å². The summed E-state index contributed by atoms with van der Waals surface area (Å²) in [6.45, 7) is 8.05. The molecule has 126 valence electrons. The Morgan fingerprint density at radius 3 is 2.67 bits per heavy atom. The monoisotopic (exact) mass is 429 g/mol. The molecule has 0 aliphatic heterocycles. The maximum atomic E-state index is 12.0. The first-order chi connectivity index (χ1) is 9.71. The number of hydrogen-bond acceptors (Lipinski definition) is 2. The van der Waals surface area contributed by atoms with E-state index in [1.807, 2.05) is 6.92 Å². The molecule has 3 atom stereocenters. The smallest absolute Gasteiger partial charge is 0.191 e. The highest BCUT2D eigenvalue weighted by atomic mass is 127. The third-order valence-corrected chi connectivity index (χ3v) is 5.49. The van der Waals surface area contributed by atoms with Gasteiger partial charge in [0.05, 0.1) is 0 Å². The summed E-state index contributed by atoms with van der Waals surface area (Å²) in [4.78, 5) is 4.61. The second-order valence-electron chi connectivity index (χ2n) is 5.41. The zero-order chi connectivity index (χ0) is 14.8. The van der Waals surface area contributed by atoms with Crippen molar-refractivity contribution >= 4 is 40.7 Å². The Kier molecular flexibility index (Phi) is 12.8. The number of rotatable bonds is 7. The second kappa shape index (κ2) is 12.7. The molecule has 0 radical (unpaired) electrons. The minimum atomic E-state index is -0.660. The highest BCUT2D eigenvalue weighted by Crippen LogP contribution is 2.22. The molecular formula is C15H32IN3OS. The molecule has 1 rings (SSSR count). The summed E-state index contributed by atoms with van der Waals surface area (Å²) in [6, 6.07) is 0.420. The maximum absolute atomic E-state index is 12.0. The van der Waals surface area contributed by atoms with Crippen LogP contribution in [0.1, 0.15) is 59.3 Å². The van der Waals surface area contributed by atoms with Crippen molar-refractivity contribution in [1.29, 1.82) is 0 Å². The van der Waals surface area contributed by atoms with Crippen molar-refractivity contribution in [2.24, 2.45) is 4.99 Å². The van der Waals surface area contributed by atoms with Gasteiger partial charge < -0.3 is 10.6 Å². The molecule has 1 aliphatic rings. The molecule has 3 unspecified atom stereocenters. The van der Waals surface area contributed by atoms with Crippen LogP contribution in [-0.4, -0.2) is 40.3 Å². The van der Waals surface area contributed by atoms with Gasteiger partial charge in [-0.2, -0.15) is 0 Å². The zero-order valence-corrected chi connectivity index (χ0v) is 16.8. The van der Waals surface area contributed by atoms with Gasteiger partial charge in [0, 0.05) is 40.9 Å². The molecule has 0 amide bonds. The Morgan fingerprint density at radius 1 is 1.29 bits per heavy atom. The van der Waals surface area contributed by atoms with Gasteiger partial charge in [0.2, 0.25) is 0 Å². The lowest BCUT2D eigenvalue weighted by molar-refractivity contribution is 0.413. The van der Waals surface area contributed by atoms with E-state index < -0.39 is 10.8 Å². The van der Waals surface area contributed by atoms with Crippen LogP contribution in [0.5, 0.6) is 0 Å². The normalized spacial score (nSPS) is 24.0. The average Bonchev–Trinajstić information content (AvgIpc) is 2.47. The van der Waals surface area contributed by atoms with Crippen LogP contribution in [0.25, 0.3) is 0 Å². The fraction of sp³-hybridized carbons (Fsp3) is 0.933. The molecule has 0 heterocycles. The lowest BCUT2D eigenvalue weighted by Crippen LogP contribution is -2.46. The van der Waals surface area contributed by atoms with Crippen LogP contribution >= 0.6 is 24.0 Å². The number of aliphatic imine (C=N–C) groups is 1. The van der Waals surface area contributed by atoms with Gasteiger partial charge in [-0.05, 0) is 32.6 Å². The summed E-state index contributed by atoms with van der Waals surface area (Å²) in [5.74, 6) is 1.70. The number of guanidine groups is 1. The first-order valence-electron chi connectivity index (χ1n) is 8.13. The highest BCUT2D eigenvalue weighted by Gasteiger charge is 2.25. The Labute approximate surface area is 149 Å². The Hall–Kier alpha value is 0.150. The van der Waals surface area contributed by atoms with Crippen LogP contribution in [0.4, 0.5) is 0 Å². The van der Waals surface area contributed by atoms with Crippen molar-refractivity contribution in [1.82, 2.24) is 10.6 Å². The van der Waals surface area contributed by atoms with Gasteiger partial charge in [-0.3, -0.25) is 9.20 Å². The summed E-state index contributed by atoms with van der Waals surface area (Å²) in [6.07, 6.45) is 6.76. The molecule has 0 bridgehead atoms. The molecule has 1 saturated carbocycles. The van der Waals surface area contributed by atoms with E-state index in [1.54, 1.807) is 0 Å². The number of halogens is 1. The Morgan fingerprint density at radius 2 is 2.05 bits per heavy atom. The predicted octanol–water partition coefficient (Wildman–Crippen LogP) is 3.04. The standard InChI is InChI=1S/C15H31N3OS.HI/c1-4-7-11-17-15(16-5-2)18-13-9-8-10-14(12-13)20(19)6-3;/h13-14H,4-12H2,1-3H3,(H2,16,17,18);1H. The molecule has 21 heavy (non-hydrogen) atoms. The highest BCUT2D eigenvalue weighted by molar-refractivity contribution is 14.0. The summed E-state index contributed by atoms with van der Waals surface area (Å²) in [5.41, 5.74) is 0. The minimum Gasteiger partial charge on any atom is -0.357 e. The van der Waals surface area contributed by atoms with Crippen LogP contribution < -0.4 is 10.6 Å². The predicted molar refractivity (Wildman–Crippen MR) is 104 cm³/mol. The van der Waals surface area contributed by atoms with E-state index in [-0.39, 0.29) is 24.0 Å². The second-order valence-corrected chi connectivity index (χ2v) is 7.42. The van der Waals surface area contributed by atoms with Crippen LogP contribution in [0.3, 0.4) is 0 Å². The van der Waals surface area contributed by atoms with Gasteiger partial charge in [0.15, 0.2) is 5.96 Å². The number of nitrogens with zero attached hydrogens (tertiary/aromatic N) is 1. The fourth-order valence-electron chi connectivity index (χ4n) is 2.61. The van der Waals surface area contributed by atoms with E-state index in [2.05, 4.69) is 29.5 Å².